The minimum absolute atomic E-state index is 0.169. The Bertz CT molecular complexity index is 341. The van der Waals surface area contributed by atoms with Crippen LogP contribution in [0.2, 0.25) is 0 Å². The van der Waals surface area contributed by atoms with Crippen LogP contribution in [0.15, 0.2) is 18.7 Å². The van der Waals surface area contributed by atoms with Crippen molar-refractivity contribution < 1.29 is 14.3 Å². The Kier molecular flexibility index (Phi) is 7.84. The van der Waals surface area contributed by atoms with E-state index < -0.39 is 0 Å². The fourth-order valence-corrected chi connectivity index (χ4v) is 1.80. The average molecular weight is 269 g/mol. The summed E-state index contributed by atoms with van der Waals surface area (Å²) in [6, 6.07) is 0. The van der Waals surface area contributed by atoms with Crippen LogP contribution in [0.5, 0.6) is 0 Å². The van der Waals surface area contributed by atoms with Crippen molar-refractivity contribution in [1.29, 1.82) is 0 Å². The first-order valence-corrected chi connectivity index (χ1v) is 6.50. The average Bonchev–Trinajstić information content (AvgIpc) is 2.94. The van der Waals surface area contributed by atoms with Crippen molar-refractivity contribution in [2.75, 3.05) is 40.5 Å². The van der Waals surface area contributed by atoms with Crippen molar-refractivity contribution in [2.24, 2.45) is 0 Å². The highest BCUT2D eigenvalue weighted by Gasteiger charge is 2.08. The van der Waals surface area contributed by atoms with E-state index in [9.17, 15) is 4.79 Å². The van der Waals surface area contributed by atoms with E-state index in [1.807, 2.05) is 12.5 Å². The van der Waals surface area contributed by atoms with Crippen molar-refractivity contribution in [2.45, 2.75) is 19.4 Å². The van der Waals surface area contributed by atoms with Gasteiger partial charge in [-0.05, 0) is 13.0 Å². The molecule has 0 aliphatic heterocycles. The molecule has 0 atom stereocenters. The molecule has 0 amide bonds. The normalized spacial score (nSPS) is 10.9. The number of carbonyl (C=O) groups excluding carboxylic acids is 1. The smallest absolute Gasteiger partial charge is 0.306 e. The molecule has 0 saturated heterocycles. The highest BCUT2D eigenvalue weighted by molar-refractivity contribution is 5.69. The standard InChI is InChI=1S/C13H23N3O3/c1-18-11-10-15(8-4-13(17)19-2)6-3-7-16-9-5-14-12-16/h5,9,12H,3-4,6-8,10-11H2,1-2H3. The Morgan fingerprint density at radius 2 is 2.16 bits per heavy atom. The molecular formula is C13H23N3O3. The summed E-state index contributed by atoms with van der Waals surface area (Å²) in [5, 5.41) is 0. The van der Waals surface area contributed by atoms with Gasteiger partial charge in [-0.3, -0.25) is 4.79 Å². The highest BCUT2D eigenvalue weighted by Crippen LogP contribution is 1.98. The Hall–Kier alpha value is -1.40. The van der Waals surface area contributed by atoms with Crippen LogP contribution in [-0.4, -0.2) is 60.9 Å². The van der Waals surface area contributed by atoms with Gasteiger partial charge in [0.1, 0.15) is 0 Å². The van der Waals surface area contributed by atoms with Crippen molar-refractivity contribution in [3.05, 3.63) is 18.7 Å². The fraction of sp³-hybridized carbons (Fsp3) is 0.692. The van der Waals surface area contributed by atoms with Gasteiger partial charge in [0.25, 0.3) is 0 Å². The molecule has 0 radical (unpaired) electrons. The van der Waals surface area contributed by atoms with Crippen LogP contribution >= 0.6 is 0 Å². The van der Waals surface area contributed by atoms with Crippen LogP contribution < -0.4 is 0 Å². The van der Waals surface area contributed by atoms with Crippen molar-refractivity contribution in [1.82, 2.24) is 14.5 Å². The summed E-state index contributed by atoms with van der Waals surface area (Å²) in [5.41, 5.74) is 0. The molecule has 0 spiro atoms. The molecule has 1 aromatic rings. The molecule has 1 heterocycles. The second kappa shape index (κ2) is 9.52. The predicted octanol–water partition coefficient (Wildman–Crippen LogP) is 0.785. The molecule has 0 aliphatic rings. The SMILES string of the molecule is COCCN(CCCn1ccnc1)CCC(=O)OC. The number of hydrogen-bond donors (Lipinski definition) is 0. The van der Waals surface area contributed by atoms with E-state index in [0.717, 1.165) is 26.1 Å². The molecule has 6 heteroatoms. The molecule has 0 aromatic carbocycles. The molecule has 6 nitrogen and oxygen atoms in total. The van der Waals surface area contributed by atoms with Gasteiger partial charge in [-0.15, -0.1) is 0 Å². The third kappa shape index (κ3) is 6.93. The summed E-state index contributed by atoms with van der Waals surface area (Å²) in [6.07, 6.45) is 6.98. The van der Waals surface area contributed by atoms with Gasteiger partial charge in [-0.2, -0.15) is 0 Å². The molecule has 108 valence electrons. The van der Waals surface area contributed by atoms with Crippen LogP contribution in [-0.2, 0) is 20.8 Å². The monoisotopic (exact) mass is 269 g/mol. The molecular weight excluding hydrogens is 246 g/mol. The maximum atomic E-state index is 11.2. The van der Waals surface area contributed by atoms with Crippen molar-refractivity contribution in [3.63, 3.8) is 0 Å². The Morgan fingerprint density at radius 3 is 2.79 bits per heavy atom. The summed E-state index contributed by atoms with van der Waals surface area (Å²) in [4.78, 5) is 17.4. The topological polar surface area (TPSA) is 56.6 Å². The quantitative estimate of drug-likeness (QED) is 0.588. The summed E-state index contributed by atoms with van der Waals surface area (Å²) in [7, 11) is 3.10. The van der Waals surface area contributed by atoms with Gasteiger partial charge in [0.05, 0.1) is 26.5 Å². The zero-order valence-electron chi connectivity index (χ0n) is 11.7. The number of esters is 1. The Balaban J connectivity index is 2.25. The van der Waals surface area contributed by atoms with E-state index in [1.165, 1.54) is 7.11 Å². The molecule has 0 saturated carbocycles. The van der Waals surface area contributed by atoms with Crippen LogP contribution in [0, 0.1) is 0 Å². The minimum Gasteiger partial charge on any atom is -0.469 e. The van der Waals surface area contributed by atoms with Crippen LogP contribution in [0.25, 0.3) is 0 Å². The second-order valence-corrected chi connectivity index (χ2v) is 4.31. The van der Waals surface area contributed by atoms with Crippen LogP contribution in [0.1, 0.15) is 12.8 Å². The van der Waals surface area contributed by atoms with E-state index >= 15 is 0 Å². The first kappa shape index (κ1) is 15.7. The maximum absolute atomic E-state index is 11.2. The second-order valence-electron chi connectivity index (χ2n) is 4.31. The van der Waals surface area contributed by atoms with E-state index in [0.29, 0.717) is 19.6 Å². The van der Waals surface area contributed by atoms with Crippen LogP contribution in [0.4, 0.5) is 0 Å². The van der Waals surface area contributed by atoms with Crippen LogP contribution in [0.3, 0.4) is 0 Å². The first-order chi connectivity index (χ1) is 9.26. The lowest BCUT2D eigenvalue weighted by Crippen LogP contribution is -2.31. The van der Waals surface area contributed by atoms with Gasteiger partial charge >= 0.3 is 5.97 Å². The highest BCUT2D eigenvalue weighted by atomic mass is 16.5. The molecule has 1 rings (SSSR count). The zero-order chi connectivity index (χ0) is 13.9. The maximum Gasteiger partial charge on any atom is 0.306 e. The molecule has 1 aromatic heterocycles. The number of ether oxygens (including phenoxy) is 2. The summed E-state index contributed by atoms with van der Waals surface area (Å²) < 4.78 is 11.8. The van der Waals surface area contributed by atoms with E-state index in [2.05, 4.69) is 19.2 Å². The summed E-state index contributed by atoms with van der Waals surface area (Å²) in [6.45, 7) is 4.07. The number of rotatable bonds is 10. The lowest BCUT2D eigenvalue weighted by Gasteiger charge is -2.21. The van der Waals surface area contributed by atoms with Gasteiger partial charge in [0.15, 0.2) is 0 Å². The number of aryl methyl sites for hydroxylation is 1. The number of imidazole rings is 1. The number of nitrogens with zero attached hydrogens (tertiary/aromatic N) is 3. The summed E-state index contributed by atoms with van der Waals surface area (Å²) >= 11 is 0. The van der Waals surface area contributed by atoms with Crippen molar-refractivity contribution in [3.8, 4) is 0 Å². The molecule has 0 N–H and O–H groups in total. The largest absolute Gasteiger partial charge is 0.469 e. The Labute approximate surface area is 114 Å². The van der Waals surface area contributed by atoms with E-state index in [4.69, 9.17) is 4.74 Å². The predicted molar refractivity (Wildman–Crippen MR) is 71.8 cm³/mol. The third-order valence-electron chi connectivity index (χ3n) is 2.92. The molecule has 0 fully saturated rings. The lowest BCUT2D eigenvalue weighted by molar-refractivity contribution is -0.141. The zero-order valence-corrected chi connectivity index (χ0v) is 11.7. The van der Waals surface area contributed by atoms with Gasteiger partial charge in [0.2, 0.25) is 0 Å². The van der Waals surface area contributed by atoms with Gasteiger partial charge in [0, 0.05) is 39.1 Å². The van der Waals surface area contributed by atoms with E-state index in [-0.39, 0.29) is 5.97 Å². The van der Waals surface area contributed by atoms with Gasteiger partial charge < -0.3 is 18.9 Å². The third-order valence-corrected chi connectivity index (χ3v) is 2.92. The van der Waals surface area contributed by atoms with Gasteiger partial charge in [-0.25, -0.2) is 4.98 Å². The minimum atomic E-state index is -0.169. The number of hydrogen-bond acceptors (Lipinski definition) is 5. The van der Waals surface area contributed by atoms with E-state index in [1.54, 1.807) is 13.3 Å². The number of methoxy groups -OCH3 is 2. The molecule has 0 unspecified atom stereocenters. The Morgan fingerprint density at radius 1 is 1.32 bits per heavy atom. The van der Waals surface area contributed by atoms with Crippen molar-refractivity contribution >= 4 is 5.97 Å². The summed E-state index contributed by atoms with van der Waals surface area (Å²) in [5.74, 6) is -0.169. The number of aromatic nitrogens is 2. The molecule has 0 bridgehead atoms. The lowest BCUT2D eigenvalue weighted by atomic mass is 10.3. The fourth-order valence-electron chi connectivity index (χ4n) is 1.80. The molecule has 19 heavy (non-hydrogen) atoms. The number of carbonyl (C=O) groups is 1. The molecule has 0 aliphatic carbocycles. The first-order valence-electron chi connectivity index (χ1n) is 6.50. The van der Waals surface area contributed by atoms with Gasteiger partial charge in [-0.1, -0.05) is 0 Å².